The molecule has 0 aliphatic rings. The van der Waals surface area contributed by atoms with Crippen molar-refractivity contribution in [3.63, 3.8) is 0 Å². The molecule has 0 fully saturated rings. The fourth-order valence-electron chi connectivity index (χ4n) is 2.32. The summed E-state index contributed by atoms with van der Waals surface area (Å²) < 4.78 is 51.7. The van der Waals surface area contributed by atoms with Crippen molar-refractivity contribution in [3.8, 4) is 11.8 Å². The minimum atomic E-state index is -4.59. The van der Waals surface area contributed by atoms with Crippen molar-refractivity contribution in [2.75, 3.05) is 11.9 Å². The maximum absolute atomic E-state index is 13.5. The molecule has 0 spiro atoms. The van der Waals surface area contributed by atoms with Gasteiger partial charge in [0.2, 0.25) is 0 Å². The minimum Gasteiger partial charge on any atom is -0.491 e. The van der Waals surface area contributed by atoms with Crippen LogP contribution in [0.5, 0.6) is 11.8 Å². The summed E-state index contributed by atoms with van der Waals surface area (Å²) in [5, 5.41) is 0. The Labute approximate surface area is 163 Å². The predicted octanol–water partition coefficient (Wildman–Crippen LogP) is 5.62. The molecular weight excluding hydrogens is 371 g/mol. The van der Waals surface area contributed by atoms with Crippen molar-refractivity contribution in [2.45, 2.75) is 58.9 Å². The number of rotatable bonds is 6. The van der Waals surface area contributed by atoms with E-state index >= 15 is 0 Å². The fraction of sp³-hybridized carbons (Fsp3) is 0.500. The Bertz CT molecular complexity index is 787. The Morgan fingerprint density at radius 1 is 1.11 bits per heavy atom. The van der Waals surface area contributed by atoms with Crippen molar-refractivity contribution in [2.24, 2.45) is 0 Å². The second-order valence-electron chi connectivity index (χ2n) is 7.49. The summed E-state index contributed by atoms with van der Waals surface area (Å²) in [7, 11) is 1.52. The molecule has 1 aromatic carbocycles. The molecule has 0 aliphatic heterocycles. The molecule has 1 unspecified atom stereocenters. The highest BCUT2D eigenvalue weighted by Gasteiger charge is 2.37. The highest BCUT2D eigenvalue weighted by Crippen LogP contribution is 2.38. The van der Waals surface area contributed by atoms with E-state index in [1.165, 1.54) is 11.9 Å². The molecule has 0 bridgehead atoms. The Balaban J connectivity index is 2.38. The first-order chi connectivity index (χ1) is 12.9. The summed E-state index contributed by atoms with van der Waals surface area (Å²) in [6, 6.07) is 6.70. The number of benzene rings is 1. The lowest BCUT2D eigenvalue weighted by atomic mass is 10.2. The van der Waals surface area contributed by atoms with Gasteiger partial charge in [0.1, 0.15) is 16.9 Å². The molecule has 0 saturated heterocycles. The van der Waals surface area contributed by atoms with E-state index in [4.69, 9.17) is 9.47 Å². The predicted molar refractivity (Wildman–Crippen MR) is 102 cm³/mol. The van der Waals surface area contributed by atoms with E-state index in [0.717, 1.165) is 12.6 Å². The van der Waals surface area contributed by atoms with Crippen LogP contribution in [0, 0.1) is 0 Å². The largest absolute Gasteiger partial charge is 0.491 e. The topological polar surface area (TPSA) is 47.5 Å². The number of hydrogen-bond acceptors (Lipinski definition) is 5. The van der Waals surface area contributed by atoms with E-state index in [0.29, 0.717) is 11.4 Å². The van der Waals surface area contributed by atoms with Gasteiger partial charge >= 0.3 is 12.2 Å². The van der Waals surface area contributed by atoms with Gasteiger partial charge in [-0.1, -0.05) is 6.92 Å². The van der Waals surface area contributed by atoms with Crippen molar-refractivity contribution >= 4 is 11.5 Å². The Morgan fingerprint density at radius 3 is 2.21 bits per heavy atom. The van der Waals surface area contributed by atoms with Crippen molar-refractivity contribution < 1.29 is 22.6 Å². The SMILES string of the molecule is CCC(C)Oc1ccc(N(C)c2nc(OC(C)(C)C)ncc2C(F)(F)F)cc1. The summed E-state index contributed by atoms with van der Waals surface area (Å²) >= 11 is 0. The number of halogens is 3. The monoisotopic (exact) mass is 397 g/mol. The minimum absolute atomic E-state index is 0.0550. The maximum atomic E-state index is 13.5. The molecule has 154 valence electrons. The number of anilines is 2. The fourth-order valence-corrected chi connectivity index (χ4v) is 2.32. The van der Waals surface area contributed by atoms with Gasteiger partial charge in [-0.2, -0.15) is 18.2 Å². The lowest BCUT2D eigenvalue weighted by Gasteiger charge is -2.25. The average molecular weight is 397 g/mol. The zero-order valence-electron chi connectivity index (χ0n) is 17.0. The molecule has 0 saturated carbocycles. The van der Waals surface area contributed by atoms with Crippen LogP contribution in [0.15, 0.2) is 30.5 Å². The molecule has 0 aliphatic carbocycles. The second kappa shape index (κ2) is 8.24. The second-order valence-corrected chi connectivity index (χ2v) is 7.49. The number of alkyl halides is 3. The van der Waals surface area contributed by atoms with Gasteiger partial charge in [-0.15, -0.1) is 0 Å². The smallest absolute Gasteiger partial charge is 0.421 e. The highest BCUT2D eigenvalue weighted by molar-refractivity contribution is 5.63. The van der Waals surface area contributed by atoms with E-state index in [9.17, 15) is 13.2 Å². The summed E-state index contributed by atoms with van der Waals surface area (Å²) in [6.07, 6.45) is -2.93. The van der Waals surface area contributed by atoms with Gasteiger partial charge in [-0.3, -0.25) is 0 Å². The Kier molecular flexibility index (Phi) is 6.41. The van der Waals surface area contributed by atoms with Gasteiger partial charge in [0, 0.05) is 18.9 Å². The summed E-state index contributed by atoms with van der Waals surface area (Å²) in [5.41, 5.74) is -1.04. The van der Waals surface area contributed by atoms with E-state index < -0.39 is 17.3 Å². The van der Waals surface area contributed by atoms with Crippen molar-refractivity contribution in [3.05, 3.63) is 36.0 Å². The molecule has 1 atom stereocenters. The zero-order valence-corrected chi connectivity index (χ0v) is 17.0. The van der Waals surface area contributed by atoms with E-state index in [-0.39, 0.29) is 17.9 Å². The molecule has 28 heavy (non-hydrogen) atoms. The van der Waals surface area contributed by atoms with Gasteiger partial charge in [0.25, 0.3) is 0 Å². The summed E-state index contributed by atoms with van der Waals surface area (Å²) in [4.78, 5) is 9.10. The van der Waals surface area contributed by atoms with Gasteiger partial charge < -0.3 is 14.4 Å². The van der Waals surface area contributed by atoms with Crippen LogP contribution >= 0.6 is 0 Å². The first kappa shape index (κ1) is 21.8. The van der Waals surface area contributed by atoms with Crippen LogP contribution in [0.1, 0.15) is 46.6 Å². The van der Waals surface area contributed by atoms with Gasteiger partial charge in [-0.25, -0.2) is 4.98 Å². The standard InChI is InChI=1S/C20H26F3N3O2/c1-7-13(2)27-15-10-8-14(9-11-15)26(6)17-16(20(21,22)23)12-24-18(25-17)28-19(3,4)5/h8-13H,7H2,1-6H3. The van der Waals surface area contributed by atoms with Crippen LogP contribution in [0.2, 0.25) is 0 Å². The number of nitrogens with zero attached hydrogens (tertiary/aromatic N) is 3. The van der Waals surface area contributed by atoms with Crippen LogP contribution in [-0.4, -0.2) is 28.7 Å². The normalized spacial score (nSPS) is 13.2. The molecule has 0 N–H and O–H groups in total. The van der Waals surface area contributed by atoms with E-state index in [2.05, 4.69) is 9.97 Å². The third kappa shape index (κ3) is 5.74. The van der Waals surface area contributed by atoms with Crippen LogP contribution < -0.4 is 14.4 Å². The molecule has 1 heterocycles. The molecule has 0 amide bonds. The summed E-state index contributed by atoms with van der Waals surface area (Å²) in [5.74, 6) is 0.374. The lowest BCUT2D eigenvalue weighted by molar-refractivity contribution is -0.137. The molecule has 1 aromatic heterocycles. The molecule has 2 aromatic rings. The average Bonchev–Trinajstić information content (AvgIpc) is 2.59. The van der Waals surface area contributed by atoms with Crippen molar-refractivity contribution in [1.82, 2.24) is 9.97 Å². The number of hydrogen-bond donors (Lipinski definition) is 0. The van der Waals surface area contributed by atoms with Crippen LogP contribution in [0.3, 0.4) is 0 Å². The lowest BCUT2D eigenvalue weighted by Crippen LogP contribution is -2.26. The van der Waals surface area contributed by atoms with Gasteiger partial charge in [0.15, 0.2) is 5.82 Å². The Hall–Kier alpha value is -2.51. The molecule has 2 rings (SSSR count). The zero-order chi connectivity index (χ0) is 21.1. The van der Waals surface area contributed by atoms with Gasteiger partial charge in [-0.05, 0) is 58.4 Å². The van der Waals surface area contributed by atoms with Crippen LogP contribution in [-0.2, 0) is 6.18 Å². The highest BCUT2D eigenvalue weighted by atomic mass is 19.4. The third-order valence-corrected chi connectivity index (χ3v) is 3.90. The van der Waals surface area contributed by atoms with Crippen LogP contribution in [0.25, 0.3) is 0 Å². The first-order valence-corrected chi connectivity index (χ1v) is 9.04. The first-order valence-electron chi connectivity index (χ1n) is 9.04. The molecule has 0 radical (unpaired) electrons. The molecule has 8 heteroatoms. The van der Waals surface area contributed by atoms with E-state index in [1.807, 2.05) is 13.8 Å². The number of aromatic nitrogens is 2. The van der Waals surface area contributed by atoms with E-state index in [1.54, 1.807) is 45.0 Å². The van der Waals surface area contributed by atoms with Crippen LogP contribution in [0.4, 0.5) is 24.7 Å². The molecule has 5 nitrogen and oxygen atoms in total. The van der Waals surface area contributed by atoms with Crippen molar-refractivity contribution in [1.29, 1.82) is 0 Å². The quantitative estimate of drug-likeness (QED) is 0.633. The number of ether oxygens (including phenoxy) is 2. The molecular formula is C20H26F3N3O2. The third-order valence-electron chi connectivity index (χ3n) is 3.90. The van der Waals surface area contributed by atoms with Gasteiger partial charge in [0.05, 0.1) is 6.10 Å². The maximum Gasteiger partial charge on any atom is 0.421 e. The summed E-state index contributed by atoms with van der Waals surface area (Å²) in [6.45, 7) is 9.28. The Morgan fingerprint density at radius 2 is 1.71 bits per heavy atom.